The second kappa shape index (κ2) is 37.7. The minimum absolute atomic E-state index is 0.515. The van der Waals surface area contributed by atoms with Crippen molar-refractivity contribution in [1.29, 1.82) is 0 Å². The Morgan fingerprint density at radius 2 is 0.634 bits per heavy atom. The van der Waals surface area contributed by atoms with Crippen molar-refractivity contribution in [2.24, 2.45) is 23.7 Å². The van der Waals surface area contributed by atoms with Crippen LogP contribution in [0, 0.1) is 23.7 Å². The molecule has 43 atom stereocenters. The Labute approximate surface area is 578 Å². The zero-order valence-electron chi connectivity index (χ0n) is 56.1. The van der Waals surface area contributed by atoms with Crippen LogP contribution in [0.2, 0.25) is 0 Å². The van der Waals surface area contributed by atoms with E-state index in [9.17, 15) is 123 Å². The van der Waals surface area contributed by atoms with Crippen LogP contribution in [0.15, 0.2) is 0 Å². The fourth-order valence-electron chi connectivity index (χ4n) is 13.3. The normalized spacial score (nSPS) is 49.7. The lowest BCUT2D eigenvalue weighted by atomic mass is 9.89. The van der Waals surface area contributed by atoms with Crippen LogP contribution in [0.5, 0.6) is 0 Å². The molecular weight excluding hydrogens is 1380 g/mol. The molecule has 17 unspecified atom stereocenters. The molecule has 8 rings (SSSR count). The highest BCUT2D eigenvalue weighted by molar-refractivity contribution is 5.01. The summed E-state index contributed by atoms with van der Waals surface area (Å²) in [5, 5.41) is 262. The van der Waals surface area contributed by atoms with Crippen LogP contribution in [0.1, 0.15) is 41.5 Å². The molecule has 8 heterocycles. The van der Waals surface area contributed by atoms with Gasteiger partial charge < -0.3 is 203 Å². The standard InChI is InChI=1S/C60H106O41/c1-17(2)53(96-47-28(13-67)86-21(6)18(3)32(47)70)87-22(7-61)23(8-62)88-58-46(84)50(99-60-52(43(81)38(76)27(12-66)92-60)101-55-20(5)34(72)49(30(15-69)94-55)98-57-45(83)41(79)36(74)25(10-64)90-57)39(77)31(95-58)16-85-59-51(42(80)37(75)26(11-65)91-59)100-54-19(4)33(71)48(29(14-68)93-54)97-56-44(82)40(78)35(73)24(9-63)89-56/h17-84H,7-16H2,1-6H3/t18-,19?,20+,21+,22?,23+,24?,25?,26?,27-,28?,29+,30?,31?,32?,33?,34?,35+,36+,37-,38-,39-,40?,41+,42?,43?,44+,45?,46-,47-,48-,49-,50?,51-,52?,53+,54+,55+,56+,57+,58-,59+,60-/m1/s1. The van der Waals surface area contributed by atoms with E-state index in [2.05, 4.69) is 0 Å². The molecule has 0 aromatic heterocycles. The lowest BCUT2D eigenvalue weighted by molar-refractivity contribution is -0.398. The average Bonchev–Trinajstić information content (AvgIpc) is 0.690. The summed E-state index contributed by atoms with van der Waals surface area (Å²) in [6.45, 7) is -0.0106. The summed E-state index contributed by atoms with van der Waals surface area (Å²) in [5.41, 5.74) is 0. The van der Waals surface area contributed by atoms with E-state index in [4.69, 9.17) is 80.5 Å². The molecule has 8 fully saturated rings. The Balaban J connectivity index is 1.08. The highest BCUT2D eigenvalue weighted by atomic mass is 16.8. The topological polar surface area (TPSA) is 642 Å². The highest BCUT2D eigenvalue weighted by Gasteiger charge is 2.59. The second-order valence-corrected chi connectivity index (χ2v) is 27.2. The third-order valence-electron chi connectivity index (χ3n) is 20.0. The Morgan fingerprint density at radius 3 is 1.06 bits per heavy atom. The van der Waals surface area contributed by atoms with Crippen molar-refractivity contribution in [3.63, 3.8) is 0 Å². The zero-order chi connectivity index (χ0) is 74.5. The second-order valence-electron chi connectivity index (χ2n) is 27.2. The Kier molecular flexibility index (Phi) is 31.7. The van der Waals surface area contributed by atoms with Crippen LogP contribution < -0.4 is 0 Å². The van der Waals surface area contributed by atoms with Crippen LogP contribution in [-0.2, 0) is 80.5 Å². The van der Waals surface area contributed by atoms with E-state index in [1.165, 1.54) is 13.8 Å². The van der Waals surface area contributed by atoms with Crippen molar-refractivity contribution in [2.75, 3.05) is 66.1 Å². The molecule has 24 N–H and O–H groups in total. The van der Waals surface area contributed by atoms with Gasteiger partial charge in [-0.25, -0.2) is 0 Å². The van der Waals surface area contributed by atoms with Gasteiger partial charge in [-0.3, -0.25) is 0 Å². The molecule has 101 heavy (non-hydrogen) atoms. The summed E-state index contributed by atoms with van der Waals surface area (Å²) in [7, 11) is 0. The van der Waals surface area contributed by atoms with Gasteiger partial charge in [0.15, 0.2) is 50.3 Å². The van der Waals surface area contributed by atoms with Gasteiger partial charge in [0.05, 0.1) is 90.5 Å². The predicted molar refractivity (Wildman–Crippen MR) is 320 cm³/mol. The van der Waals surface area contributed by atoms with Gasteiger partial charge in [0.25, 0.3) is 0 Å². The van der Waals surface area contributed by atoms with Crippen LogP contribution >= 0.6 is 0 Å². The Morgan fingerprint density at radius 1 is 0.277 bits per heavy atom. The summed E-state index contributed by atoms with van der Waals surface area (Å²) >= 11 is 0. The van der Waals surface area contributed by atoms with Crippen molar-refractivity contribution in [1.82, 2.24) is 0 Å². The van der Waals surface area contributed by atoms with E-state index in [1.54, 1.807) is 27.7 Å². The van der Waals surface area contributed by atoms with E-state index in [0.29, 0.717) is 0 Å². The van der Waals surface area contributed by atoms with Crippen molar-refractivity contribution in [2.45, 2.75) is 287 Å². The molecule has 0 amide bonds. The average molecular weight is 1480 g/mol. The van der Waals surface area contributed by atoms with Gasteiger partial charge in [-0.15, -0.1) is 0 Å². The minimum atomic E-state index is -2.33. The number of aliphatic hydroxyl groups is 24. The van der Waals surface area contributed by atoms with E-state index >= 15 is 0 Å². The van der Waals surface area contributed by atoms with Crippen molar-refractivity contribution >= 4 is 0 Å². The SMILES string of the molecule is CC(C)[C@@H](OC(CO)[C@H](CO)O[C@@H]1OC(CO[C@H]2OC(CO)[C@@H](O)C(O)[C@H]2O[C@@H]2O[C@@H](CO)[C@@H](O[C@@H]3OC(CO)[C@H](O)C(O)[C@@H]3O)C(O)C2C)[C@@H](O)C(O[C@H]2O[C@H](CO)[C@@H](O)C(O)C2O[C@@H]2OC(CO)[C@@H](O[C@@H]3OC(CO)[C@H](O)[C@H](O)C3O)C(O)[C@@H]2C)[C@H]1O)O[C@@H]1C(CO)O[C@@H](C)[C@@H](C)C1O. The summed E-state index contributed by atoms with van der Waals surface area (Å²) in [5.74, 6) is -3.72. The highest BCUT2D eigenvalue weighted by Crippen LogP contribution is 2.40. The first kappa shape index (κ1) is 85.0. The number of hydrogen-bond acceptors (Lipinski definition) is 41. The molecule has 0 bridgehead atoms. The lowest BCUT2D eigenvalue weighted by Gasteiger charge is -2.50. The third-order valence-corrected chi connectivity index (χ3v) is 20.0. The van der Waals surface area contributed by atoms with Crippen molar-refractivity contribution in [3.8, 4) is 0 Å². The maximum Gasteiger partial charge on any atom is 0.187 e. The van der Waals surface area contributed by atoms with E-state index in [-0.39, 0.29) is 0 Å². The van der Waals surface area contributed by atoms with Gasteiger partial charge in [0.1, 0.15) is 171 Å². The van der Waals surface area contributed by atoms with Crippen LogP contribution in [0.4, 0.5) is 0 Å². The maximum absolute atomic E-state index is 12.4. The van der Waals surface area contributed by atoms with Gasteiger partial charge in [-0.05, 0) is 6.92 Å². The zero-order valence-corrected chi connectivity index (χ0v) is 56.1. The van der Waals surface area contributed by atoms with Gasteiger partial charge in [0.2, 0.25) is 0 Å². The van der Waals surface area contributed by atoms with Gasteiger partial charge in [0, 0.05) is 23.7 Å². The summed E-state index contributed by atoms with van der Waals surface area (Å²) < 4.78 is 102. The summed E-state index contributed by atoms with van der Waals surface area (Å²) in [6.07, 6.45) is -71.0. The number of aliphatic hydroxyl groups excluding tert-OH is 24. The molecule has 8 saturated heterocycles. The first-order valence-corrected chi connectivity index (χ1v) is 33.7. The molecule has 41 heteroatoms. The summed E-state index contributed by atoms with van der Waals surface area (Å²) in [4.78, 5) is 0. The third kappa shape index (κ3) is 18.6. The lowest BCUT2D eigenvalue weighted by Crippen LogP contribution is -2.67. The molecule has 0 spiro atoms. The monoisotopic (exact) mass is 1480 g/mol. The Hall–Kier alpha value is -1.64. The maximum atomic E-state index is 12.4. The van der Waals surface area contributed by atoms with Gasteiger partial charge in [-0.2, -0.15) is 0 Å². The molecule has 8 aliphatic rings. The van der Waals surface area contributed by atoms with E-state index in [0.717, 1.165) is 0 Å². The van der Waals surface area contributed by atoms with E-state index in [1.807, 2.05) is 0 Å². The molecular formula is C60H106O41. The molecule has 0 radical (unpaired) electrons. The summed E-state index contributed by atoms with van der Waals surface area (Å²) in [6, 6.07) is 0. The fraction of sp³-hybridized carbons (Fsp3) is 1.00. The van der Waals surface area contributed by atoms with Crippen LogP contribution in [0.3, 0.4) is 0 Å². The first-order chi connectivity index (χ1) is 47.9. The van der Waals surface area contributed by atoms with Crippen LogP contribution in [0.25, 0.3) is 0 Å². The predicted octanol–water partition coefficient (Wildman–Crippen LogP) is -13.8. The number of ether oxygens (including phenoxy) is 17. The first-order valence-electron chi connectivity index (χ1n) is 33.7. The minimum Gasteiger partial charge on any atom is -0.394 e. The smallest absolute Gasteiger partial charge is 0.187 e. The molecule has 0 aromatic rings. The molecule has 592 valence electrons. The van der Waals surface area contributed by atoms with Gasteiger partial charge >= 0.3 is 0 Å². The quantitative estimate of drug-likeness (QED) is 0.0297. The Bertz CT molecular complexity index is 2410. The molecule has 0 aromatic carbocycles. The number of rotatable bonds is 30. The molecule has 8 aliphatic heterocycles. The van der Waals surface area contributed by atoms with Gasteiger partial charge in [-0.1, -0.05) is 34.6 Å². The van der Waals surface area contributed by atoms with Crippen molar-refractivity contribution < 1.29 is 203 Å². The largest absolute Gasteiger partial charge is 0.394 e. The fourth-order valence-corrected chi connectivity index (χ4v) is 13.3. The number of hydrogen-bond donors (Lipinski definition) is 24. The van der Waals surface area contributed by atoms with Crippen molar-refractivity contribution in [3.05, 3.63) is 0 Å². The molecule has 0 aliphatic carbocycles. The molecule has 0 saturated carbocycles. The van der Waals surface area contributed by atoms with Crippen LogP contribution in [-0.4, -0.2) is 434 Å². The molecule has 41 nitrogen and oxygen atoms in total. The van der Waals surface area contributed by atoms with E-state index < -0.39 is 335 Å².